The van der Waals surface area contributed by atoms with E-state index in [0.29, 0.717) is 28.0 Å². The average molecular weight is 364 g/mol. The summed E-state index contributed by atoms with van der Waals surface area (Å²) in [6.07, 6.45) is 2.36. The van der Waals surface area contributed by atoms with Gasteiger partial charge < -0.3 is 10.3 Å². The van der Waals surface area contributed by atoms with Crippen LogP contribution in [0.1, 0.15) is 20.8 Å². The van der Waals surface area contributed by atoms with Crippen molar-refractivity contribution in [3.8, 4) is 0 Å². The van der Waals surface area contributed by atoms with Crippen molar-refractivity contribution in [2.75, 3.05) is 13.6 Å². The molecule has 0 saturated carbocycles. The molecule has 0 fully saturated rings. The molecule has 124 valence electrons. The highest BCUT2D eigenvalue weighted by atomic mass is 35.5. The van der Waals surface area contributed by atoms with E-state index in [-0.39, 0.29) is 5.78 Å². The second kappa shape index (κ2) is 8.59. The molecule has 0 aliphatic heterocycles. The number of carbonyl (C=O) groups is 2. The average Bonchev–Trinajstić information content (AvgIpc) is 2.98. The number of H-pyrrole nitrogens is 1. The van der Waals surface area contributed by atoms with Gasteiger partial charge >= 0.3 is 0 Å². The summed E-state index contributed by atoms with van der Waals surface area (Å²) in [5.41, 5.74) is 2.05. The summed E-state index contributed by atoms with van der Waals surface area (Å²) in [5.74, 6) is 0.0779. The number of pyridine rings is 1. The Balaban J connectivity index is 0.000000174. The normalized spacial score (nSPS) is 10.1. The van der Waals surface area contributed by atoms with Crippen molar-refractivity contribution >= 4 is 46.2 Å². The number of likely N-dealkylation sites (N-methyl/N-ethyl adjacent to an activating group) is 1. The van der Waals surface area contributed by atoms with Crippen LogP contribution >= 0.6 is 23.2 Å². The highest BCUT2D eigenvalue weighted by molar-refractivity contribution is 6.30. The smallest absolute Gasteiger partial charge is 0.176 e. The number of halogens is 2. The van der Waals surface area contributed by atoms with Gasteiger partial charge in [0.25, 0.3) is 0 Å². The van der Waals surface area contributed by atoms with Crippen LogP contribution < -0.4 is 5.32 Å². The molecule has 0 aliphatic rings. The number of rotatable bonds is 4. The maximum Gasteiger partial charge on any atom is 0.176 e. The molecule has 0 atom stereocenters. The first kappa shape index (κ1) is 18.1. The Morgan fingerprint density at radius 3 is 2.58 bits per heavy atom. The summed E-state index contributed by atoms with van der Waals surface area (Å²) in [6.45, 7) is 0.363. The van der Waals surface area contributed by atoms with Gasteiger partial charge in [-0.3, -0.25) is 9.59 Å². The number of nitrogens with one attached hydrogen (secondary N) is 2. The predicted octanol–water partition coefficient (Wildman–Crippen LogP) is 3.77. The summed E-state index contributed by atoms with van der Waals surface area (Å²) in [6, 6.07) is 10.3. The van der Waals surface area contributed by atoms with Gasteiger partial charge in [-0.25, -0.2) is 4.98 Å². The molecular weight excluding hydrogens is 349 g/mol. The molecule has 2 aromatic heterocycles. The second-order valence-corrected chi connectivity index (χ2v) is 5.72. The number of hydrogen-bond donors (Lipinski definition) is 2. The summed E-state index contributed by atoms with van der Waals surface area (Å²) < 4.78 is 0. The zero-order valence-electron chi connectivity index (χ0n) is 12.8. The van der Waals surface area contributed by atoms with Crippen LogP contribution in [0.25, 0.3) is 10.9 Å². The SMILES string of the molecule is CNCC(=O)c1ccc(Cl)cc1.O=Cc1cc2cc(Cl)ncc2[nH]1. The van der Waals surface area contributed by atoms with Crippen molar-refractivity contribution in [1.29, 1.82) is 0 Å². The first-order chi connectivity index (χ1) is 11.5. The van der Waals surface area contributed by atoms with Crippen LogP contribution in [-0.4, -0.2) is 35.6 Å². The van der Waals surface area contributed by atoms with Gasteiger partial charge in [0.2, 0.25) is 0 Å². The van der Waals surface area contributed by atoms with Crippen molar-refractivity contribution in [3.05, 3.63) is 64.0 Å². The molecule has 2 N–H and O–H groups in total. The number of benzene rings is 1. The first-order valence-corrected chi connectivity index (χ1v) is 7.82. The van der Waals surface area contributed by atoms with Crippen LogP contribution in [0.4, 0.5) is 0 Å². The van der Waals surface area contributed by atoms with Crippen LogP contribution in [0.2, 0.25) is 10.2 Å². The number of nitrogens with zero attached hydrogens (tertiary/aromatic N) is 1. The zero-order chi connectivity index (χ0) is 17.5. The minimum atomic E-state index is 0.0779. The fraction of sp³-hybridized carbons (Fsp3) is 0.118. The third-order valence-corrected chi connectivity index (χ3v) is 3.58. The molecule has 0 amide bonds. The number of hydrogen-bond acceptors (Lipinski definition) is 4. The molecular formula is C17H15Cl2N3O2. The molecule has 7 heteroatoms. The van der Waals surface area contributed by atoms with Gasteiger partial charge in [-0.05, 0) is 43.4 Å². The quantitative estimate of drug-likeness (QED) is 0.420. The topological polar surface area (TPSA) is 74.8 Å². The lowest BCUT2D eigenvalue weighted by Gasteiger charge is -1.98. The Morgan fingerprint density at radius 1 is 1.25 bits per heavy atom. The molecule has 24 heavy (non-hydrogen) atoms. The van der Waals surface area contributed by atoms with E-state index < -0.39 is 0 Å². The van der Waals surface area contributed by atoms with Crippen LogP contribution in [0.3, 0.4) is 0 Å². The van der Waals surface area contributed by atoms with Gasteiger partial charge in [0.05, 0.1) is 24.0 Å². The lowest BCUT2D eigenvalue weighted by molar-refractivity contribution is 0.0993. The second-order valence-electron chi connectivity index (χ2n) is 4.90. The highest BCUT2D eigenvalue weighted by Crippen LogP contribution is 2.16. The largest absolute Gasteiger partial charge is 0.351 e. The number of aldehydes is 1. The molecule has 0 spiro atoms. The molecule has 0 bridgehead atoms. The monoisotopic (exact) mass is 363 g/mol. The van der Waals surface area contributed by atoms with E-state index in [4.69, 9.17) is 23.2 Å². The van der Waals surface area contributed by atoms with Crippen LogP contribution in [0.15, 0.2) is 42.6 Å². The van der Waals surface area contributed by atoms with Crippen LogP contribution in [-0.2, 0) is 0 Å². The highest BCUT2D eigenvalue weighted by Gasteiger charge is 2.02. The maximum atomic E-state index is 11.3. The number of Topliss-reactive ketones (excluding diaryl/α,β-unsaturated/α-hetero) is 1. The molecule has 0 unspecified atom stereocenters. The van der Waals surface area contributed by atoms with E-state index in [1.807, 2.05) is 0 Å². The molecule has 0 aliphatic carbocycles. The minimum Gasteiger partial charge on any atom is -0.351 e. The van der Waals surface area contributed by atoms with Gasteiger partial charge in [0.1, 0.15) is 5.15 Å². The van der Waals surface area contributed by atoms with Crippen molar-refractivity contribution in [2.45, 2.75) is 0 Å². The van der Waals surface area contributed by atoms with Gasteiger partial charge in [-0.1, -0.05) is 23.2 Å². The van der Waals surface area contributed by atoms with Crippen molar-refractivity contribution in [1.82, 2.24) is 15.3 Å². The van der Waals surface area contributed by atoms with Crippen molar-refractivity contribution in [3.63, 3.8) is 0 Å². The lowest BCUT2D eigenvalue weighted by atomic mass is 10.1. The maximum absolute atomic E-state index is 11.3. The number of aromatic amines is 1. The third-order valence-electron chi connectivity index (χ3n) is 3.12. The summed E-state index contributed by atoms with van der Waals surface area (Å²) in [5, 5.41) is 4.78. The molecule has 5 nitrogen and oxygen atoms in total. The Morgan fingerprint density at radius 2 is 1.96 bits per heavy atom. The van der Waals surface area contributed by atoms with Crippen LogP contribution in [0.5, 0.6) is 0 Å². The first-order valence-electron chi connectivity index (χ1n) is 7.06. The van der Waals surface area contributed by atoms with E-state index >= 15 is 0 Å². The fourth-order valence-electron chi connectivity index (χ4n) is 1.99. The molecule has 2 heterocycles. The van der Waals surface area contributed by atoms with Gasteiger partial charge in [0, 0.05) is 16.0 Å². The Hall–Kier alpha value is -2.21. The van der Waals surface area contributed by atoms with Crippen molar-refractivity contribution < 1.29 is 9.59 Å². The minimum absolute atomic E-state index is 0.0779. The molecule has 3 rings (SSSR count). The van der Waals surface area contributed by atoms with Crippen LogP contribution in [0, 0.1) is 0 Å². The molecule has 0 saturated heterocycles. The van der Waals surface area contributed by atoms with E-state index in [1.54, 1.807) is 49.6 Å². The summed E-state index contributed by atoms with van der Waals surface area (Å²) in [7, 11) is 1.74. The lowest BCUT2D eigenvalue weighted by Crippen LogP contribution is -2.18. The zero-order valence-corrected chi connectivity index (χ0v) is 14.4. The fourth-order valence-corrected chi connectivity index (χ4v) is 2.28. The third kappa shape index (κ3) is 4.89. The van der Waals surface area contributed by atoms with Gasteiger partial charge in [0.15, 0.2) is 12.1 Å². The van der Waals surface area contributed by atoms with Gasteiger partial charge in [-0.15, -0.1) is 0 Å². The molecule has 1 aromatic carbocycles. The van der Waals surface area contributed by atoms with E-state index in [9.17, 15) is 9.59 Å². The standard InChI is InChI=1S/C9H10ClNO.C8H5ClN2O/c1-11-6-9(12)7-2-4-8(10)5-3-7;9-8-2-5-1-6(4-12)11-7(5)3-10-8/h2-5,11H,6H2,1H3;1-4,11H. The predicted molar refractivity (Wildman–Crippen MR) is 96.2 cm³/mol. The summed E-state index contributed by atoms with van der Waals surface area (Å²) >= 11 is 11.3. The number of carbonyl (C=O) groups excluding carboxylic acids is 2. The van der Waals surface area contributed by atoms with E-state index in [1.165, 1.54) is 0 Å². The number of fused-ring (bicyclic) bond motifs is 1. The van der Waals surface area contributed by atoms with E-state index in [2.05, 4.69) is 15.3 Å². The molecule has 3 aromatic rings. The Labute approximate surface area is 149 Å². The number of aromatic nitrogens is 2. The number of ketones is 1. The van der Waals surface area contributed by atoms with E-state index in [0.717, 1.165) is 17.2 Å². The van der Waals surface area contributed by atoms with Gasteiger partial charge in [-0.2, -0.15) is 0 Å². The Bertz CT molecular complexity index is 845. The Kier molecular flexibility index (Phi) is 6.49. The molecule has 0 radical (unpaired) electrons. The summed E-state index contributed by atoms with van der Waals surface area (Å²) in [4.78, 5) is 28.4. The van der Waals surface area contributed by atoms with Crippen molar-refractivity contribution in [2.24, 2.45) is 0 Å².